The van der Waals surface area contributed by atoms with Crippen molar-refractivity contribution in [3.8, 4) is 0 Å². The van der Waals surface area contributed by atoms with E-state index in [1.165, 1.54) is 4.90 Å². The maximum Gasteiger partial charge on any atom is 0.410 e. The van der Waals surface area contributed by atoms with E-state index in [1.807, 2.05) is 36.4 Å². The number of aliphatic carboxylic acids is 1. The van der Waals surface area contributed by atoms with Crippen LogP contribution < -0.4 is 5.73 Å². The van der Waals surface area contributed by atoms with E-state index in [4.69, 9.17) is 10.5 Å². The van der Waals surface area contributed by atoms with Crippen LogP contribution in [0.15, 0.2) is 54.6 Å². The Morgan fingerprint density at radius 2 is 1.88 bits per heavy atom. The van der Waals surface area contributed by atoms with E-state index in [9.17, 15) is 14.7 Å². The monoisotopic (exact) mass is 340 g/mol. The molecule has 0 radical (unpaired) electrons. The predicted octanol–water partition coefficient (Wildman–Crippen LogP) is 2.71. The summed E-state index contributed by atoms with van der Waals surface area (Å²) in [6, 6.07) is 16.5. The first-order valence-electron chi connectivity index (χ1n) is 8.08. The summed E-state index contributed by atoms with van der Waals surface area (Å²) in [5, 5.41) is 9.51. The zero-order chi connectivity index (χ0) is 17.8. The lowest BCUT2D eigenvalue weighted by Gasteiger charge is -2.16. The molecule has 3 rings (SSSR count). The van der Waals surface area contributed by atoms with Crippen LogP contribution in [0.4, 0.5) is 10.5 Å². The number of benzene rings is 2. The second kappa shape index (κ2) is 7.25. The molecule has 1 aliphatic heterocycles. The summed E-state index contributed by atoms with van der Waals surface area (Å²) in [6.45, 7) is 0.591. The van der Waals surface area contributed by atoms with Crippen LogP contribution in [0.3, 0.4) is 0 Å². The lowest BCUT2D eigenvalue weighted by Crippen LogP contribution is -2.30. The fraction of sp³-hybridized carbons (Fsp3) is 0.263. The first-order chi connectivity index (χ1) is 12.0. The first-order valence-corrected chi connectivity index (χ1v) is 8.08. The van der Waals surface area contributed by atoms with Crippen molar-refractivity contribution in [1.29, 1.82) is 0 Å². The molecule has 0 spiro atoms. The van der Waals surface area contributed by atoms with E-state index in [0.29, 0.717) is 12.2 Å². The standard InChI is InChI=1S/C19H20N2O4/c20-15-8-4-7-14(9-15)16-10-21(11-17(16)18(22)23)19(24)25-12-13-5-2-1-3-6-13/h1-9,16-17H,10-12,20H2,(H,22,23)/t16-,17+/m0/s1. The Hall–Kier alpha value is -3.02. The molecule has 6 nitrogen and oxygen atoms in total. The van der Waals surface area contributed by atoms with Crippen molar-refractivity contribution in [2.45, 2.75) is 12.5 Å². The van der Waals surface area contributed by atoms with E-state index in [0.717, 1.165) is 11.1 Å². The second-order valence-corrected chi connectivity index (χ2v) is 6.17. The van der Waals surface area contributed by atoms with Crippen LogP contribution in [-0.2, 0) is 16.1 Å². The molecule has 130 valence electrons. The van der Waals surface area contributed by atoms with Gasteiger partial charge >= 0.3 is 12.1 Å². The minimum Gasteiger partial charge on any atom is -0.481 e. The summed E-state index contributed by atoms with van der Waals surface area (Å²) >= 11 is 0. The molecule has 3 N–H and O–H groups in total. The lowest BCUT2D eigenvalue weighted by atomic mass is 9.89. The van der Waals surface area contributed by atoms with Gasteiger partial charge in [0.25, 0.3) is 0 Å². The van der Waals surface area contributed by atoms with Gasteiger partial charge in [0.15, 0.2) is 0 Å². The largest absolute Gasteiger partial charge is 0.481 e. The molecule has 0 saturated carbocycles. The minimum absolute atomic E-state index is 0.127. The maximum absolute atomic E-state index is 12.3. The first kappa shape index (κ1) is 16.8. The summed E-state index contributed by atoms with van der Waals surface area (Å²) in [5.41, 5.74) is 8.09. The third-order valence-electron chi connectivity index (χ3n) is 4.44. The zero-order valence-electron chi connectivity index (χ0n) is 13.7. The van der Waals surface area contributed by atoms with Crippen molar-refractivity contribution >= 4 is 17.7 Å². The molecule has 25 heavy (non-hydrogen) atoms. The number of amides is 1. The van der Waals surface area contributed by atoms with E-state index in [-0.39, 0.29) is 19.1 Å². The molecule has 2 aromatic carbocycles. The predicted molar refractivity (Wildman–Crippen MR) is 92.9 cm³/mol. The Labute approximate surface area is 145 Å². The van der Waals surface area contributed by atoms with Gasteiger partial charge in [0.2, 0.25) is 0 Å². The molecule has 1 fully saturated rings. The number of carboxylic acids is 1. The van der Waals surface area contributed by atoms with Crippen LogP contribution in [0.25, 0.3) is 0 Å². The average Bonchev–Trinajstić information content (AvgIpc) is 3.06. The average molecular weight is 340 g/mol. The van der Waals surface area contributed by atoms with Crippen LogP contribution in [0, 0.1) is 5.92 Å². The topological polar surface area (TPSA) is 92.9 Å². The van der Waals surface area contributed by atoms with Gasteiger partial charge in [-0.25, -0.2) is 4.79 Å². The van der Waals surface area contributed by atoms with Crippen molar-refractivity contribution in [3.05, 3.63) is 65.7 Å². The Morgan fingerprint density at radius 3 is 2.56 bits per heavy atom. The lowest BCUT2D eigenvalue weighted by molar-refractivity contribution is -0.141. The highest BCUT2D eigenvalue weighted by Gasteiger charge is 2.41. The maximum atomic E-state index is 12.3. The molecule has 2 aromatic rings. The minimum atomic E-state index is -0.925. The summed E-state index contributed by atoms with van der Waals surface area (Å²) in [5.74, 6) is -1.90. The molecule has 1 aliphatic rings. The van der Waals surface area contributed by atoms with E-state index < -0.39 is 18.0 Å². The van der Waals surface area contributed by atoms with Gasteiger partial charge in [0.1, 0.15) is 6.61 Å². The molecule has 6 heteroatoms. The number of nitrogen functional groups attached to an aromatic ring is 1. The number of nitrogens with two attached hydrogens (primary N) is 1. The van der Waals surface area contributed by atoms with Gasteiger partial charge in [-0.15, -0.1) is 0 Å². The third kappa shape index (κ3) is 3.91. The second-order valence-electron chi connectivity index (χ2n) is 6.17. The van der Waals surface area contributed by atoms with Crippen LogP contribution in [0.1, 0.15) is 17.0 Å². The highest BCUT2D eigenvalue weighted by molar-refractivity contribution is 5.76. The number of carboxylic acid groups (broad SMARTS) is 1. The van der Waals surface area contributed by atoms with E-state index in [1.54, 1.807) is 18.2 Å². The van der Waals surface area contributed by atoms with Gasteiger partial charge in [-0.2, -0.15) is 0 Å². The molecule has 0 unspecified atom stereocenters. The van der Waals surface area contributed by atoms with Crippen molar-refractivity contribution < 1.29 is 19.4 Å². The molecule has 0 aliphatic carbocycles. The van der Waals surface area contributed by atoms with Gasteiger partial charge in [0.05, 0.1) is 5.92 Å². The fourth-order valence-electron chi connectivity index (χ4n) is 3.14. The summed E-state index contributed by atoms with van der Waals surface area (Å²) in [7, 11) is 0. The molecular weight excluding hydrogens is 320 g/mol. The Balaban J connectivity index is 1.69. The molecule has 1 saturated heterocycles. The summed E-state index contributed by atoms with van der Waals surface area (Å²) in [4.78, 5) is 25.4. The third-order valence-corrected chi connectivity index (χ3v) is 4.44. The molecule has 1 heterocycles. The Morgan fingerprint density at radius 1 is 1.12 bits per heavy atom. The van der Waals surface area contributed by atoms with Gasteiger partial charge in [-0.3, -0.25) is 4.79 Å². The molecular formula is C19H20N2O4. The highest BCUT2D eigenvalue weighted by atomic mass is 16.6. The van der Waals surface area contributed by atoms with Gasteiger partial charge < -0.3 is 20.5 Å². The number of likely N-dealkylation sites (tertiary alicyclic amines) is 1. The van der Waals surface area contributed by atoms with Crippen molar-refractivity contribution in [2.24, 2.45) is 5.92 Å². The van der Waals surface area contributed by atoms with Crippen LogP contribution in [-0.4, -0.2) is 35.2 Å². The number of carbonyl (C=O) groups excluding carboxylic acids is 1. The normalized spacial score (nSPS) is 19.6. The van der Waals surface area contributed by atoms with Crippen molar-refractivity contribution in [3.63, 3.8) is 0 Å². The Bertz CT molecular complexity index is 763. The molecule has 0 bridgehead atoms. The number of hydrogen-bond donors (Lipinski definition) is 2. The number of rotatable bonds is 4. The molecule has 0 aromatic heterocycles. The van der Waals surface area contributed by atoms with Gasteiger partial charge in [-0.05, 0) is 23.3 Å². The Kier molecular flexibility index (Phi) is 4.88. The molecule has 2 atom stereocenters. The smallest absolute Gasteiger partial charge is 0.410 e. The summed E-state index contributed by atoms with van der Waals surface area (Å²) in [6.07, 6.45) is -0.499. The number of anilines is 1. The number of ether oxygens (including phenoxy) is 1. The van der Waals surface area contributed by atoms with E-state index in [2.05, 4.69) is 0 Å². The zero-order valence-corrected chi connectivity index (χ0v) is 13.7. The number of carbonyl (C=O) groups is 2. The van der Waals surface area contributed by atoms with Crippen LogP contribution in [0.5, 0.6) is 0 Å². The fourth-order valence-corrected chi connectivity index (χ4v) is 3.14. The number of hydrogen-bond acceptors (Lipinski definition) is 4. The van der Waals surface area contributed by atoms with Crippen molar-refractivity contribution in [2.75, 3.05) is 18.8 Å². The van der Waals surface area contributed by atoms with Gasteiger partial charge in [0, 0.05) is 24.7 Å². The molecule has 1 amide bonds. The SMILES string of the molecule is Nc1cccc([C@@H]2CN(C(=O)OCc3ccccc3)C[C@H]2C(=O)O)c1. The van der Waals surface area contributed by atoms with Crippen LogP contribution >= 0.6 is 0 Å². The van der Waals surface area contributed by atoms with Gasteiger partial charge in [-0.1, -0.05) is 42.5 Å². The quantitative estimate of drug-likeness (QED) is 0.835. The van der Waals surface area contributed by atoms with E-state index >= 15 is 0 Å². The summed E-state index contributed by atoms with van der Waals surface area (Å²) < 4.78 is 5.32. The highest BCUT2D eigenvalue weighted by Crippen LogP contribution is 2.34. The van der Waals surface area contributed by atoms with Crippen LogP contribution in [0.2, 0.25) is 0 Å². The van der Waals surface area contributed by atoms with Crippen molar-refractivity contribution in [1.82, 2.24) is 4.90 Å². The number of nitrogens with zero attached hydrogens (tertiary/aromatic N) is 1.